The maximum absolute atomic E-state index is 10.5. The van der Waals surface area contributed by atoms with Gasteiger partial charge in [0, 0.05) is 0 Å². The Bertz CT molecular complexity index is 297. The van der Waals surface area contributed by atoms with Crippen molar-refractivity contribution in [3.63, 3.8) is 0 Å². The van der Waals surface area contributed by atoms with Crippen LogP contribution in [0.5, 0.6) is 0 Å². The molecule has 0 unspecified atom stereocenters. The second kappa shape index (κ2) is 8.76. The summed E-state index contributed by atoms with van der Waals surface area (Å²) in [4.78, 5) is 10.5. The van der Waals surface area contributed by atoms with E-state index in [0.717, 1.165) is 5.56 Å². The Labute approximate surface area is 102 Å². The molecule has 1 aliphatic carbocycles. The number of aliphatic hydroxyl groups is 1. The van der Waals surface area contributed by atoms with Crippen molar-refractivity contribution in [1.29, 1.82) is 0 Å². The zero-order chi connectivity index (χ0) is 12.3. The number of benzene rings is 1. The number of carbonyl (C=O) groups is 1. The predicted molar refractivity (Wildman–Crippen MR) is 66.4 cm³/mol. The molecule has 3 heteroatoms. The fraction of sp³-hybridized carbons (Fsp3) is 0.500. The van der Waals surface area contributed by atoms with Crippen LogP contribution in [0, 0.1) is 0 Å². The fourth-order valence-electron chi connectivity index (χ4n) is 1.67. The molecule has 0 radical (unpaired) electrons. The number of aliphatic hydroxyl groups excluding tert-OH is 1. The number of esters is 1. The summed E-state index contributed by atoms with van der Waals surface area (Å²) >= 11 is 0. The summed E-state index contributed by atoms with van der Waals surface area (Å²) in [7, 11) is 0. The third kappa shape index (κ3) is 6.74. The topological polar surface area (TPSA) is 46.5 Å². The minimum atomic E-state index is -0.598. The first kappa shape index (κ1) is 13.7. The molecule has 17 heavy (non-hydrogen) atoms. The summed E-state index contributed by atoms with van der Waals surface area (Å²) in [5.41, 5.74) is 0.916. The number of hydrogen-bond acceptors (Lipinski definition) is 3. The lowest BCUT2D eigenvalue weighted by molar-refractivity contribution is -0.148. The van der Waals surface area contributed by atoms with Crippen LogP contribution in [0.2, 0.25) is 0 Å². The van der Waals surface area contributed by atoms with Crippen molar-refractivity contribution in [1.82, 2.24) is 0 Å². The Morgan fingerprint density at radius 1 is 1.06 bits per heavy atom. The van der Waals surface area contributed by atoms with Gasteiger partial charge in [0.2, 0.25) is 0 Å². The summed E-state index contributed by atoms with van der Waals surface area (Å²) in [5, 5.41) is 8.34. The average Bonchev–Trinajstić information content (AvgIpc) is 2.96. The van der Waals surface area contributed by atoms with Gasteiger partial charge in [-0.05, 0) is 5.56 Å². The molecular weight excluding hydrogens is 216 g/mol. The normalized spacial score (nSPS) is 13.7. The molecule has 2 rings (SSSR count). The highest BCUT2D eigenvalue weighted by atomic mass is 16.5. The van der Waals surface area contributed by atoms with Crippen LogP contribution in [-0.4, -0.2) is 17.7 Å². The largest absolute Gasteiger partial charge is 0.459 e. The summed E-state index contributed by atoms with van der Waals surface area (Å²) in [5.74, 6) is -0.598. The van der Waals surface area contributed by atoms with Gasteiger partial charge in [-0.1, -0.05) is 62.4 Å². The van der Waals surface area contributed by atoms with Gasteiger partial charge in [0.1, 0.15) is 13.2 Å². The van der Waals surface area contributed by atoms with E-state index >= 15 is 0 Å². The smallest absolute Gasteiger partial charge is 0.332 e. The molecule has 1 aliphatic rings. The monoisotopic (exact) mass is 236 g/mol. The molecule has 1 aromatic carbocycles. The van der Waals surface area contributed by atoms with Crippen molar-refractivity contribution < 1.29 is 14.6 Å². The predicted octanol–water partition coefficient (Wildman–Crippen LogP) is 2.67. The van der Waals surface area contributed by atoms with Crippen molar-refractivity contribution in [3.8, 4) is 0 Å². The van der Waals surface area contributed by atoms with Crippen LogP contribution in [-0.2, 0) is 16.1 Å². The van der Waals surface area contributed by atoms with E-state index < -0.39 is 12.6 Å². The van der Waals surface area contributed by atoms with E-state index in [1.54, 1.807) is 0 Å². The van der Waals surface area contributed by atoms with E-state index in [0.29, 0.717) is 0 Å². The van der Waals surface area contributed by atoms with Crippen molar-refractivity contribution in [3.05, 3.63) is 35.9 Å². The lowest BCUT2D eigenvalue weighted by atomic mass is 10.2. The Morgan fingerprint density at radius 2 is 1.59 bits per heavy atom. The molecule has 0 aliphatic heterocycles. The molecule has 0 heterocycles. The van der Waals surface area contributed by atoms with Crippen LogP contribution >= 0.6 is 0 Å². The molecule has 0 atom stereocenters. The quantitative estimate of drug-likeness (QED) is 0.821. The van der Waals surface area contributed by atoms with E-state index in [4.69, 9.17) is 5.11 Å². The Balaban J connectivity index is 0.000000239. The maximum atomic E-state index is 10.5. The fourth-order valence-corrected chi connectivity index (χ4v) is 1.67. The van der Waals surface area contributed by atoms with Crippen LogP contribution in [0.4, 0.5) is 0 Å². The summed E-state index contributed by atoms with van der Waals surface area (Å²) < 4.78 is 4.69. The van der Waals surface area contributed by atoms with Gasteiger partial charge in [0.25, 0.3) is 0 Å². The van der Waals surface area contributed by atoms with Crippen LogP contribution in [0.3, 0.4) is 0 Å². The second-order valence-electron chi connectivity index (χ2n) is 4.07. The first-order chi connectivity index (χ1) is 8.33. The lowest BCUT2D eigenvalue weighted by Gasteiger charge is -2.01. The van der Waals surface area contributed by atoms with Gasteiger partial charge in [-0.15, -0.1) is 0 Å². The molecule has 0 spiro atoms. The minimum absolute atomic E-state index is 0.222. The molecule has 0 aromatic heterocycles. The van der Waals surface area contributed by atoms with Crippen LogP contribution in [0.1, 0.15) is 37.7 Å². The van der Waals surface area contributed by atoms with Crippen molar-refractivity contribution >= 4 is 5.97 Å². The Morgan fingerprint density at radius 3 is 2.06 bits per heavy atom. The minimum Gasteiger partial charge on any atom is -0.459 e. The summed E-state index contributed by atoms with van der Waals surface area (Å²) in [6.45, 7) is -0.340. The molecule has 0 bridgehead atoms. The molecule has 3 nitrogen and oxygen atoms in total. The van der Waals surface area contributed by atoms with Gasteiger partial charge in [0.05, 0.1) is 0 Å². The zero-order valence-electron chi connectivity index (χ0n) is 10.1. The molecule has 1 N–H and O–H groups in total. The summed E-state index contributed by atoms with van der Waals surface area (Å²) in [6, 6.07) is 9.32. The number of rotatable bonds is 3. The first-order valence-electron chi connectivity index (χ1n) is 6.13. The van der Waals surface area contributed by atoms with Crippen molar-refractivity contribution in [2.75, 3.05) is 6.61 Å². The van der Waals surface area contributed by atoms with E-state index in [-0.39, 0.29) is 6.61 Å². The van der Waals surface area contributed by atoms with Gasteiger partial charge >= 0.3 is 5.97 Å². The molecule has 94 valence electrons. The first-order valence-corrected chi connectivity index (χ1v) is 6.13. The Kier molecular flexibility index (Phi) is 7.07. The molecule has 1 aromatic rings. The number of carbonyl (C=O) groups excluding carboxylic acids is 1. The van der Waals surface area contributed by atoms with Crippen molar-refractivity contribution in [2.24, 2.45) is 0 Å². The molecular formula is C14H20O3. The molecule has 0 saturated heterocycles. The van der Waals surface area contributed by atoms with Gasteiger partial charge in [-0.2, -0.15) is 0 Å². The molecule has 0 amide bonds. The highest BCUT2D eigenvalue weighted by Crippen LogP contribution is 2.15. The maximum Gasteiger partial charge on any atom is 0.332 e. The van der Waals surface area contributed by atoms with Crippen LogP contribution in [0.15, 0.2) is 30.3 Å². The van der Waals surface area contributed by atoms with E-state index in [9.17, 15) is 4.79 Å². The van der Waals surface area contributed by atoms with Gasteiger partial charge in [-0.25, -0.2) is 4.79 Å². The van der Waals surface area contributed by atoms with E-state index in [2.05, 4.69) is 4.74 Å². The molecule has 1 fully saturated rings. The standard InChI is InChI=1S/C9H10O3.C5H10/c10-6-9(11)12-7-8-4-2-1-3-5-8;1-2-4-5-3-1/h1-5,10H,6-7H2;1-5H2. The number of hydrogen-bond donors (Lipinski definition) is 1. The SMILES string of the molecule is C1CCCC1.O=C(CO)OCc1ccccc1. The van der Waals surface area contributed by atoms with Gasteiger partial charge in [-0.3, -0.25) is 0 Å². The van der Waals surface area contributed by atoms with Gasteiger partial charge in [0.15, 0.2) is 0 Å². The van der Waals surface area contributed by atoms with Gasteiger partial charge < -0.3 is 9.84 Å². The highest BCUT2D eigenvalue weighted by molar-refractivity contribution is 5.70. The van der Waals surface area contributed by atoms with Crippen LogP contribution in [0.25, 0.3) is 0 Å². The average molecular weight is 236 g/mol. The highest BCUT2D eigenvalue weighted by Gasteiger charge is 1.98. The van der Waals surface area contributed by atoms with E-state index in [1.165, 1.54) is 32.1 Å². The van der Waals surface area contributed by atoms with E-state index in [1.807, 2.05) is 30.3 Å². The van der Waals surface area contributed by atoms with Crippen molar-refractivity contribution in [2.45, 2.75) is 38.7 Å². The lowest BCUT2D eigenvalue weighted by Crippen LogP contribution is -2.08. The zero-order valence-corrected chi connectivity index (χ0v) is 10.1. The third-order valence-electron chi connectivity index (χ3n) is 2.62. The third-order valence-corrected chi connectivity index (χ3v) is 2.62. The number of ether oxygens (including phenoxy) is 1. The second-order valence-corrected chi connectivity index (χ2v) is 4.07. The summed E-state index contributed by atoms with van der Waals surface area (Å²) in [6.07, 6.45) is 7.50. The van der Waals surface area contributed by atoms with Crippen LogP contribution < -0.4 is 0 Å². The molecule has 1 saturated carbocycles. The Hall–Kier alpha value is -1.35.